The van der Waals surface area contributed by atoms with Gasteiger partial charge in [0.2, 0.25) is 0 Å². The number of esters is 2. The van der Waals surface area contributed by atoms with Crippen LogP contribution in [0.15, 0.2) is 60.8 Å². The van der Waals surface area contributed by atoms with Crippen molar-refractivity contribution in [3.05, 3.63) is 60.8 Å². The van der Waals surface area contributed by atoms with Crippen LogP contribution in [0.4, 0.5) is 0 Å². The first-order valence-electron chi connectivity index (χ1n) is 25.8. The molecule has 8 heteroatoms. The first kappa shape index (κ1) is 60.0. The van der Waals surface area contributed by atoms with Crippen molar-refractivity contribution in [1.82, 2.24) is 0 Å². The fourth-order valence-electron chi connectivity index (χ4n) is 7.37. The lowest BCUT2D eigenvalue weighted by atomic mass is 10.1. The van der Waals surface area contributed by atoms with Crippen molar-refractivity contribution in [1.29, 1.82) is 0 Å². The Morgan fingerprint density at radius 3 is 1.29 bits per heavy atom. The van der Waals surface area contributed by atoms with E-state index in [9.17, 15) is 19.5 Å². The Balaban J connectivity index is 4.32. The lowest BCUT2D eigenvalue weighted by Crippen LogP contribution is -2.50. The van der Waals surface area contributed by atoms with Crippen molar-refractivity contribution in [3.63, 3.8) is 0 Å². The molecule has 2 atom stereocenters. The van der Waals surface area contributed by atoms with Gasteiger partial charge in [-0.05, 0) is 77.0 Å². The molecule has 0 aliphatic rings. The van der Waals surface area contributed by atoms with Gasteiger partial charge in [-0.15, -0.1) is 0 Å². The van der Waals surface area contributed by atoms with Gasteiger partial charge in [0.1, 0.15) is 6.61 Å². The van der Waals surface area contributed by atoms with Crippen molar-refractivity contribution in [3.8, 4) is 0 Å². The molecule has 364 valence electrons. The number of carbonyl (C=O) groups is 3. The summed E-state index contributed by atoms with van der Waals surface area (Å²) in [5, 5.41) is 9.65. The van der Waals surface area contributed by atoms with E-state index in [0.717, 1.165) is 51.4 Å². The fourth-order valence-corrected chi connectivity index (χ4v) is 7.37. The molecule has 0 aliphatic heterocycles. The van der Waals surface area contributed by atoms with Crippen molar-refractivity contribution >= 4 is 17.9 Å². The number of ether oxygens (including phenoxy) is 3. The van der Waals surface area contributed by atoms with Gasteiger partial charge in [-0.3, -0.25) is 9.59 Å². The van der Waals surface area contributed by atoms with Crippen LogP contribution >= 0.6 is 0 Å². The Morgan fingerprint density at radius 1 is 0.476 bits per heavy atom. The van der Waals surface area contributed by atoms with Crippen molar-refractivity contribution in [2.24, 2.45) is 0 Å². The SMILES string of the molecule is CCCCCCCC/C=C/C/C=C/C/C=C/CCCC(=O)OC(COCCC(C(=O)O)[N+](C)(C)C)COC(=O)CCCCCCCCC/C=C/C/C=C/CCCCCCCCCC. The van der Waals surface area contributed by atoms with Crippen LogP contribution in [0.5, 0.6) is 0 Å². The number of carbonyl (C=O) groups excluding carboxylic acids is 2. The number of hydrogen-bond donors (Lipinski definition) is 1. The van der Waals surface area contributed by atoms with Gasteiger partial charge >= 0.3 is 17.9 Å². The Hall–Kier alpha value is -2.97. The number of allylic oxidation sites excluding steroid dienone is 10. The number of unbranched alkanes of at least 4 members (excludes halogenated alkanes) is 22. The van der Waals surface area contributed by atoms with Crippen molar-refractivity contribution in [2.45, 2.75) is 231 Å². The van der Waals surface area contributed by atoms with Crippen LogP contribution in [0.2, 0.25) is 0 Å². The summed E-state index contributed by atoms with van der Waals surface area (Å²) in [6, 6.07) is -0.627. The normalized spacial score (nSPS) is 13.3. The van der Waals surface area contributed by atoms with E-state index in [2.05, 4.69) is 74.6 Å². The van der Waals surface area contributed by atoms with E-state index in [-0.39, 0.29) is 42.7 Å². The second-order valence-electron chi connectivity index (χ2n) is 18.4. The lowest BCUT2D eigenvalue weighted by Gasteiger charge is -2.31. The summed E-state index contributed by atoms with van der Waals surface area (Å²) in [7, 11) is 5.51. The van der Waals surface area contributed by atoms with E-state index in [1.807, 2.05) is 21.1 Å². The average Bonchev–Trinajstić information content (AvgIpc) is 3.24. The molecule has 8 nitrogen and oxygen atoms in total. The highest BCUT2D eigenvalue weighted by Crippen LogP contribution is 2.14. The molecule has 0 amide bonds. The van der Waals surface area contributed by atoms with E-state index < -0.39 is 18.1 Å². The van der Waals surface area contributed by atoms with Crippen LogP contribution < -0.4 is 0 Å². The first-order chi connectivity index (χ1) is 30.6. The number of rotatable bonds is 46. The second kappa shape index (κ2) is 45.6. The van der Waals surface area contributed by atoms with Gasteiger partial charge in [0.05, 0.1) is 34.4 Å². The third kappa shape index (κ3) is 44.0. The monoisotopic (exact) mass is 885 g/mol. The van der Waals surface area contributed by atoms with Crippen LogP contribution in [0.3, 0.4) is 0 Å². The van der Waals surface area contributed by atoms with Crippen LogP contribution in [-0.2, 0) is 28.6 Å². The van der Waals surface area contributed by atoms with E-state index >= 15 is 0 Å². The largest absolute Gasteiger partial charge is 0.477 e. The van der Waals surface area contributed by atoms with Crippen LogP contribution in [0, 0.1) is 0 Å². The van der Waals surface area contributed by atoms with Crippen LogP contribution in [0.1, 0.15) is 219 Å². The topological polar surface area (TPSA) is 99.1 Å². The standard InChI is InChI=1S/C55H97NO7/c1-6-8-10-12-14-16-18-20-22-24-25-26-27-28-30-31-33-35-37-39-41-43-45-53(57)62-50-51(49-61-48-47-52(55(59)60)56(3,4)5)63-54(58)46-44-42-40-38-36-34-32-29-23-21-19-17-15-13-11-9-7-2/h21,23-25,27-28,32,34,38,40,51-52H,6-20,22,26,29-31,33,35-37,39,41-50H2,1-5H3/p+1/b23-21+,25-24+,28-27+,34-32+,40-38+. The molecule has 1 N–H and O–H groups in total. The minimum Gasteiger partial charge on any atom is -0.477 e. The van der Waals surface area contributed by atoms with Gasteiger partial charge in [0.25, 0.3) is 0 Å². The van der Waals surface area contributed by atoms with E-state index in [0.29, 0.717) is 19.3 Å². The Bertz CT molecular complexity index is 1210. The molecule has 0 aliphatic carbocycles. The molecule has 0 aromatic rings. The summed E-state index contributed by atoms with van der Waals surface area (Å²) >= 11 is 0. The molecule has 0 bridgehead atoms. The maximum atomic E-state index is 12.8. The fraction of sp³-hybridized carbons (Fsp3) is 0.764. The summed E-state index contributed by atoms with van der Waals surface area (Å²) in [5.41, 5.74) is 0. The highest BCUT2D eigenvalue weighted by molar-refractivity contribution is 5.72. The smallest absolute Gasteiger partial charge is 0.362 e. The number of quaternary nitrogens is 1. The molecule has 0 spiro atoms. The van der Waals surface area contributed by atoms with Gasteiger partial charge in [0.15, 0.2) is 12.1 Å². The number of hydrogen-bond acceptors (Lipinski definition) is 6. The summed E-state index contributed by atoms with van der Waals surface area (Å²) in [5.74, 6) is -1.54. The van der Waals surface area contributed by atoms with Gasteiger partial charge in [-0.1, -0.05) is 184 Å². The Morgan fingerprint density at radius 2 is 0.857 bits per heavy atom. The summed E-state index contributed by atoms with van der Waals surface area (Å²) < 4.78 is 17.3. The Labute approximate surface area is 388 Å². The highest BCUT2D eigenvalue weighted by atomic mass is 16.6. The molecule has 0 aromatic carbocycles. The predicted octanol–water partition coefficient (Wildman–Crippen LogP) is 14.9. The van der Waals surface area contributed by atoms with Crippen LogP contribution in [-0.4, -0.2) is 80.6 Å². The molecule has 0 saturated heterocycles. The van der Waals surface area contributed by atoms with E-state index in [1.165, 1.54) is 128 Å². The van der Waals surface area contributed by atoms with Crippen LogP contribution in [0.25, 0.3) is 0 Å². The summed E-state index contributed by atoms with van der Waals surface area (Å²) in [4.78, 5) is 37.1. The van der Waals surface area contributed by atoms with Gasteiger partial charge in [0, 0.05) is 19.3 Å². The molecular formula is C55H98NO7+. The maximum absolute atomic E-state index is 12.8. The lowest BCUT2D eigenvalue weighted by molar-refractivity contribution is -0.887. The third-order valence-corrected chi connectivity index (χ3v) is 11.4. The first-order valence-corrected chi connectivity index (χ1v) is 25.8. The molecule has 63 heavy (non-hydrogen) atoms. The number of carboxylic acid groups (broad SMARTS) is 1. The number of nitrogens with zero attached hydrogens (tertiary/aromatic N) is 1. The maximum Gasteiger partial charge on any atom is 0.362 e. The molecule has 0 rings (SSSR count). The van der Waals surface area contributed by atoms with Gasteiger partial charge in [-0.25, -0.2) is 4.79 Å². The van der Waals surface area contributed by atoms with Gasteiger partial charge < -0.3 is 23.8 Å². The minimum atomic E-state index is -0.884. The molecule has 0 fully saturated rings. The summed E-state index contributed by atoms with van der Waals surface area (Å²) in [6.45, 7) is 4.68. The zero-order chi connectivity index (χ0) is 46.3. The predicted molar refractivity (Wildman–Crippen MR) is 266 cm³/mol. The molecule has 0 radical (unpaired) electrons. The zero-order valence-electron chi connectivity index (χ0n) is 41.5. The number of likely N-dealkylation sites (N-methyl/N-ethyl adjacent to an activating group) is 1. The molecule has 0 heterocycles. The molecular weight excluding hydrogens is 787 g/mol. The van der Waals surface area contributed by atoms with E-state index in [1.54, 1.807) is 0 Å². The number of carboxylic acids is 1. The molecule has 0 aromatic heterocycles. The third-order valence-electron chi connectivity index (χ3n) is 11.4. The molecule has 2 unspecified atom stereocenters. The zero-order valence-corrected chi connectivity index (χ0v) is 41.5. The average molecular weight is 885 g/mol. The quantitative estimate of drug-likeness (QED) is 0.0281. The summed E-state index contributed by atoms with van der Waals surface area (Å²) in [6.07, 6.45) is 57.1. The van der Waals surface area contributed by atoms with Gasteiger partial charge in [-0.2, -0.15) is 0 Å². The van der Waals surface area contributed by atoms with Crippen molar-refractivity contribution < 1.29 is 38.2 Å². The Kier molecular flexibility index (Phi) is 43.4. The molecule has 0 saturated carbocycles. The second-order valence-corrected chi connectivity index (χ2v) is 18.4. The number of aliphatic carboxylic acids is 1. The van der Waals surface area contributed by atoms with E-state index in [4.69, 9.17) is 14.2 Å². The minimum absolute atomic E-state index is 0.0369. The highest BCUT2D eigenvalue weighted by Gasteiger charge is 2.31. The van der Waals surface area contributed by atoms with Crippen molar-refractivity contribution in [2.75, 3.05) is 41.0 Å².